The van der Waals surface area contributed by atoms with Gasteiger partial charge >= 0.3 is 0 Å². The summed E-state index contributed by atoms with van der Waals surface area (Å²) in [6.07, 6.45) is 30.3. The molecule has 0 bridgehead atoms. The van der Waals surface area contributed by atoms with Crippen LogP contribution in [0.4, 0.5) is 0 Å². The third-order valence-corrected chi connectivity index (χ3v) is 9.01. The van der Waals surface area contributed by atoms with Crippen LogP contribution in [0, 0.1) is 83.1 Å². The fraction of sp³-hybridized carbons (Fsp3) is 0.333. The van der Waals surface area contributed by atoms with E-state index >= 15 is 0 Å². The average Bonchev–Trinajstić information content (AvgIpc) is 4.16. The Hall–Kier alpha value is -8.06. The summed E-state index contributed by atoms with van der Waals surface area (Å²) >= 11 is 1.73. The Morgan fingerprint density at radius 1 is 0.507 bits per heavy atom. The second-order valence-corrected chi connectivity index (χ2v) is 17.2. The smallest absolute Gasteiger partial charge is 0.191 e. The van der Waals surface area contributed by atoms with Gasteiger partial charge in [0.25, 0.3) is 0 Å². The minimum Gasteiger partial charge on any atom is -0.449 e. The van der Waals surface area contributed by atoms with Gasteiger partial charge in [-0.3, -0.25) is 19.3 Å². The molecule has 0 N–H and O–H groups in total. The van der Waals surface area contributed by atoms with Crippen LogP contribution in [0.3, 0.4) is 0 Å². The lowest BCUT2D eigenvalue weighted by Crippen LogP contribution is -1.86. The van der Waals surface area contributed by atoms with E-state index in [-0.39, 0.29) is 0 Å². The van der Waals surface area contributed by atoms with Crippen molar-refractivity contribution in [2.75, 3.05) is 0 Å². The molecule has 11 heterocycles. The Morgan fingerprint density at radius 3 is 1.25 bits per heavy atom. The predicted octanol–water partition coefficient (Wildman–Crippen LogP) is 12.3. The lowest BCUT2D eigenvalue weighted by Gasteiger charge is -1.82. The highest BCUT2D eigenvalue weighted by molar-refractivity contribution is 7.11. The van der Waals surface area contributed by atoms with E-state index < -0.39 is 0 Å². The van der Waals surface area contributed by atoms with Crippen LogP contribution in [0.5, 0.6) is 0 Å². The topological polar surface area (TPSA) is 201 Å². The molecular weight excluding hydrogens is 941 g/mol. The highest BCUT2D eigenvalue weighted by Gasteiger charge is 1.91. The molecule has 1 aliphatic heterocycles. The number of hydrogen-bond acceptors (Lipinski definition) is 15. The van der Waals surface area contributed by atoms with Crippen molar-refractivity contribution in [2.45, 2.75) is 96.4 Å². The molecule has 73 heavy (non-hydrogen) atoms. The third kappa shape index (κ3) is 36.5. The van der Waals surface area contributed by atoms with Crippen LogP contribution in [-0.2, 0) is 28.2 Å². The standard InChI is InChI=1S/C6H7N.C5H8N2.4C5H7NO.C5H7NS.2C5H7N.2C4H6N2/c1-6-4-2-3-5-7-6;1-5-3-4-7(2)6-5;1-4-3-7-5(2)6-4;4*1-4-3-6-5(2)7-4;1-6-4-2-3-5-6;1-5-3-2-4-6-5;1-6-3-2-5-4-6;1-6-4-2-3-5-6/h2-5H,1H3;3-4H,1-2H3;5*3H,1-2H3;2-5H,1H3;2,4H,3H2,1H3;2*2-4H,1H3. The lowest BCUT2D eigenvalue weighted by atomic mass is 10.3. The number of hydrogen-bond donors (Lipinski definition) is 0. The quantitative estimate of drug-likeness (QED) is 0.139. The van der Waals surface area contributed by atoms with Crippen molar-refractivity contribution in [1.82, 2.24) is 63.6 Å². The Kier molecular flexibility index (Phi) is 32.5. The number of oxazole rings is 4. The Morgan fingerprint density at radius 2 is 1.11 bits per heavy atom. The average molecular weight is 1020 g/mol. The first kappa shape index (κ1) is 63.0. The summed E-state index contributed by atoms with van der Waals surface area (Å²) < 4.78 is 27.2. The van der Waals surface area contributed by atoms with Crippen molar-refractivity contribution in [3.05, 3.63) is 210 Å². The van der Waals surface area contributed by atoms with Crippen molar-refractivity contribution in [3.8, 4) is 0 Å². The second-order valence-electron chi connectivity index (χ2n) is 15.8. The molecule has 1 aliphatic rings. The molecule has 0 aromatic carbocycles. The van der Waals surface area contributed by atoms with Gasteiger partial charge < -0.3 is 26.8 Å². The van der Waals surface area contributed by atoms with E-state index in [0.717, 1.165) is 69.4 Å². The van der Waals surface area contributed by atoms with E-state index in [1.807, 2.05) is 206 Å². The number of thiazole rings is 1. The molecule has 0 aliphatic carbocycles. The minimum atomic E-state index is 0.734. The van der Waals surface area contributed by atoms with Crippen molar-refractivity contribution in [1.29, 1.82) is 0 Å². The molecule has 0 radical (unpaired) electrons. The maximum absolute atomic E-state index is 4.97. The molecule has 0 saturated carbocycles. The zero-order chi connectivity index (χ0) is 54.4. The number of aryl methyl sites for hydroxylation is 16. The molecule has 0 saturated heterocycles. The van der Waals surface area contributed by atoms with Gasteiger partial charge in [0, 0.05) is 141 Å². The Bertz CT molecular complexity index is 2390. The number of pyridine rings is 1. The molecule has 0 spiro atoms. The van der Waals surface area contributed by atoms with Crippen LogP contribution in [0.25, 0.3) is 0 Å². The number of aromatic nitrogens is 13. The first-order chi connectivity index (χ1) is 34.7. The van der Waals surface area contributed by atoms with Gasteiger partial charge in [-0.25, -0.2) is 29.9 Å². The molecular formula is C54H76N14O4S. The minimum absolute atomic E-state index is 0.734. The number of allylic oxidation sites excluding steroid dienone is 1. The number of aliphatic imine (C=N–C) groups is 1. The van der Waals surface area contributed by atoms with Gasteiger partial charge in [0.15, 0.2) is 23.6 Å². The number of imidazole rings is 1. The molecule has 0 unspecified atom stereocenters. The molecule has 11 rings (SSSR count). The lowest BCUT2D eigenvalue weighted by molar-refractivity contribution is 0.494. The van der Waals surface area contributed by atoms with Crippen LogP contribution < -0.4 is 0 Å². The van der Waals surface area contributed by atoms with Crippen LogP contribution in [0.15, 0.2) is 164 Å². The highest BCUT2D eigenvalue weighted by atomic mass is 32.1. The van der Waals surface area contributed by atoms with Gasteiger partial charge in [-0.1, -0.05) is 12.1 Å². The largest absolute Gasteiger partial charge is 0.449 e. The molecule has 19 heteroatoms. The monoisotopic (exact) mass is 1020 g/mol. The summed E-state index contributed by atoms with van der Waals surface area (Å²) in [5, 5.41) is 9.01. The number of rotatable bonds is 0. The zero-order valence-electron chi connectivity index (χ0n) is 45.8. The van der Waals surface area contributed by atoms with Crippen LogP contribution in [0.1, 0.15) is 81.2 Å². The molecule has 0 amide bonds. The summed E-state index contributed by atoms with van der Waals surface area (Å²) in [7, 11) is 7.74. The normalized spacial score (nSPS) is 9.96. The molecule has 0 fully saturated rings. The third-order valence-electron chi connectivity index (χ3n) is 8.18. The van der Waals surface area contributed by atoms with Crippen molar-refractivity contribution in [2.24, 2.45) is 33.2 Å². The highest BCUT2D eigenvalue weighted by Crippen LogP contribution is 2.08. The Balaban J connectivity index is 0.000000402. The van der Waals surface area contributed by atoms with Crippen molar-refractivity contribution >= 4 is 17.0 Å². The maximum Gasteiger partial charge on any atom is 0.191 e. The molecule has 392 valence electrons. The van der Waals surface area contributed by atoms with Crippen LogP contribution >= 0.6 is 11.3 Å². The molecule has 18 nitrogen and oxygen atoms in total. The molecule has 0 atom stereocenters. The fourth-order valence-electron chi connectivity index (χ4n) is 4.87. The fourth-order valence-corrected chi connectivity index (χ4v) is 5.55. The second kappa shape index (κ2) is 37.7. The zero-order valence-corrected chi connectivity index (χ0v) is 46.6. The molecule has 10 aromatic rings. The SMILES string of the molecule is CC1=NC=CC1.Cc1ccccn1.Cc1ccn(C)n1.Cc1cnc(C)o1.Cc1cnc(C)o1.Cc1cnc(C)o1.Cc1cnc(C)s1.Cc1coc(C)n1.Cn1cccc1.Cn1cccn1.Cn1ccnc1. The van der Waals surface area contributed by atoms with E-state index in [1.54, 1.807) is 70.5 Å². The first-order valence-corrected chi connectivity index (χ1v) is 23.9. The van der Waals surface area contributed by atoms with Gasteiger partial charge in [-0.05, 0) is 98.7 Å². The van der Waals surface area contributed by atoms with Crippen LogP contribution in [-0.4, -0.2) is 69.3 Å². The van der Waals surface area contributed by atoms with Crippen molar-refractivity contribution < 1.29 is 17.7 Å². The van der Waals surface area contributed by atoms with E-state index in [1.165, 1.54) is 10.6 Å². The summed E-state index contributed by atoms with van der Waals surface area (Å²) in [5.74, 6) is 5.55. The van der Waals surface area contributed by atoms with Crippen molar-refractivity contribution in [3.63, 3.8) is 0 Å². The van der Waals surface area contributed by atoms with Gasteiger partial charge in [-0.15, -0.1) is 11.3 Å². The number of nitrogens with zero attached hydrogens (tertiary/aromatic N) is 14. The summed E-state index contributed by atoms with van der Waals surface area (Å²) in [5.41, 5.74) is 4.30. The van der Waals surface area contributed by atoms with Crippen LogP contribution in [0.2, 0.25) is 0 Å². The van der Waals surface area contributed by atoms with Gasteiger partial charge in [0.05, 0.1) is 41.3 Å². The maximum atomic E-state index is 4.97. The van der Waals surface area contributed by atoms with Gasteiger partial charge in [0.1, 0.15) is 23.5 Å². The summed E-state index contributed by atoms with van der Waals surface area (Å²) in [6.45, 7) is 24.9. The van der Waals surface area contributed by atoms with Gasteiger partial charge in [-0.2, -0.15) is 10.2 Å². The molecule has 10 aromatic heterocycles. The first-order valence-electron chi connectivity index (χ1n) is 23.1. The Labute approximate surface area is 435 Å². The van der Waals surface area contributed by atoms with E-state index in [4.69, 9.17) is 17.7 Å². The summed E-state index contributed by atoms with van der Waals surface area (Å²) in [6, 6.07) is 13.7. The van der Waals surface area contributed by atoms with Gasteiger partial charge in [0.2, 0.25) is 0 Å². The van der Waals surface area contributed by atoms with E-state index in [0.29, 0.717) is 0 Å². The van der Waals surface area contributed by atoms with E-state index in [9.17, 15) is 0 Å². The van der Waals surface area contributed by atoms with E-state index in [2.05, 4.69) is 63.1 Å². The summed E-state index contributed by atoms with van der Waals surface area (Å²) in [4.78, 5) is 32.6. The predicted molar refractivity (Wildman–Crippen MR) is 291 cm³/mol.